The van der Waals surface area contributed by atoms with Crippen molar-refractivity contribution < 1.29 is 9.13 Å². The van der Waals surface area contributed by atoms with Crippen LogP contribution < -0.4 is 14.5 Å². The molecule has 5 nitrogen and oxygen atoms in total. The van der Waals surface area contributed by atoms with E-state index in [1.165, 1.54) is 12.1 Å². The summed E-state index contributed by atoms with van der Waals surface area (Å²) < 4.78 is 18.6. The minimum absolute atomic E-state index is 0.283. The third-order valence-electron chi connectivity index (χ3n) is 3.83. The number of aromatic nitrogens is 2. The monoisotopic (exact) mass is 302 g/mol. The summed E-state index contributed by atoms with van der Waals surface area (Å²) in [4.78, 5) is 13.1. The van der Waals surface area contributed by atoms with Gasteiger partial charge in [-0.2, -0.15) is 0 Å². The van der Waals surface area contributed by atoms with E-state index in [0.29, 0.717) is 5.75 Å². The Labute approximate surface area is 129 Å². The molecule has 1 fully saturated rings. The summed E-state index contributed by atoms with van der Waals surface area (Å²) in [6, 6.07) is 4.67. The molecule has 116 valence electrons. The van der Waals surface area contributed by atoms with Crippen molar-refractivity contribution in [1.82, 2.24) is 9.97 Å². The van der Waals surface area contributed by atoms with Crippen LogP contribution in [-0.4, -0.2) is 43.3 Å². The largest absolute Gasteiger partial charge is 0.494 e. The highest BCUT2D eigenvalue weighted by atomic mass is 19.1. The van der Waals surface area contributed by atoms with Crippen molar-refractivity contribution in [3.8, 4) is 5.75 Å². The van der Waals surface area contributed by atoms with Crippen LogP contribution >= 0.6 is 0 Å². The number of rotatable bonds is 3. The van der Waals surface area contributed by atoms with E-state index in [0.717, 1.165) is 43.4 Å². The third-order valence-corrected chi connectivity index (χ3v) is 3.83. The number of hydrogen-bond donors (Lipinski definition) is 0. The molecule has 0 atom stereocenters. The standard InChI is InChI=1S/C16H19FN4O/c1-12-10-18-11-16(19-12)21-7-5-20(6-8-21)14-4-3-13(17)9-15(14)22-2/h3-4,9-11H,5-8H2,1-2H3. The predicted molar refractivity (Wildman–Crippen MR) is 84.1 cm³/mol. The Kier molecular flexibility index (Phi) is 4.09. The fourth-order valence-corrected chi connectivity index (χ4v) is 2.69. The van der Waals surface area contributed by atoms with Crippen molar-refractivity contribution in [2.24, 2.45) is 0 Å². The zero-order valence-electron chi connectivity index (χ0n) is 12.8. The molecule has 0 radical (unpaired) electrons. The van der Waals surface area contributed by atoms with Crippen LogP contribution in [0.3, 0.4) is 0 Å². The van der Waals surface area contributed by atoms with E-state index >= 15 is 0 Å². The normalized spacial score (nSPS) is 15.0. The van der Waals surface area contributed by atoms with Crippen molar-refractivity contribution in [2.75, 3.05) is 43.1 Å². The SMILES string of the molecule is COc1cc(F)ccc1N1CCN(c2cncc(C)n2)CC1. The van der Waals surface area contributed by atoms with Gasteiger partial charge in [0.15, 0.2) is 0 Å². The molecular weight excluding hydrogens is 283 g/mol. The minimum atomic E-state index is -0.283. The molecule has 6 heteroatoms. The van der Waals surface area contributed by atoms with Gasteiger partial charge in [-0.15, -0.1) is 0 Å². The molecule has 0 N–H and O–H groups in total. The second-order valence-electron chi connectivity index (χ2n) is 5.31. The number of anilines is 2. The Morgan fingerprint density at radius 1 is 1.09 bits per heavy atom. The van der Waals surface area contributed by atoms with Gasteiger partial charge in [-0.3, -0.25) is 4.98 Å². The summed E-state index contributed by atoms with van der Waals surface area (Å²) in [6.07, 6.45) is 3.55. The zero-order valence-corrected chi connectivity index (χ0v) is 12.8. The molecule has 3 rings (SSSR count). The van der Waals surface area contributed by atoms with E-state index in [1.54, 1.807) is 25.6 Å². The van der Waals surface area contributed by atoms with Crippen LogP contribution in [-0.2, 0) is 0 Å². The summed E-state index contributed by atoms with van der Waals surface area (Å²) in [6.45, 7) is 5.29. The lowest BCUT2D eigenvalue weighted by molar-refractivity contribution is 0.410. The third kappa shape index (κ3) is 2.95. The number of methoxy groups -OCH3 is 1. The maximum absolute atomic E-state index is 13.3. The summed E-state index contributed by atoms with van der Waals surface area (Å²) in [5, 5.41) is 0. The summed E-state index contributed by atoms with van der Waals surface area (Å²) in [5.41, 5.74) is 1.85. The smallest absolute Gasteiger partial charge is 0.147 e. The van der Waals surface area contributed by atoms with E-state index < -0.39 is 0 Å². The number of nitrogens with zero attached hydrogens (tertiary/aromatic N) is 4. The molecule has 0 unspecified atom stereocenters. The average molecular weight is 302 g/mol. The predicted octanol–water partition coefficient (Wildman–Crippen LogP) is 2.26. The quantitative estimate of drug-likeness (QED) is 0.870. The Morgan fingerprint density at radius 2 is 1.82 bits per heavy atom. The van der Waals surface area contributed by atoms with Gasteiger partial charge in [0.1, 0.15) is 17.4 Å². The van der Waals surface area contributed by atoms with Crippen LogP contribution in [0.25, 0.3) is 0 Å². The number of halogens is 1. The lowest BCUT2D eigenvalue weighted by Crippen LogP contribution is -2.47. The fourth-order valence-electron chi connectivity index (χ4n) is 2.69. The molecule has 0 amide bonds. The fraction of sp³-hybridized carbons (Fsp3) is 0.375. The second-order valence-corrected chi connectivity index (χ2v) is 5.31. The molecule has 0 saturated carbocycles. The highest BCUT2D eigenvalue weighted by Gasteiger charge is 2.21. The van der Waals surface area contributed by atoms with Gasteiger partial charge in [-0.1, -0.05) is 0 Å². The van der Waals surface area contributed by atoms with Gasteiger partial charge < -0.3 is 14.5 Å². The van der Waals surface area contributed by atoms with E-state index in [2.05, 4.69) is 19.8 Å². The molecule has 1 aromatic carbocycles. The molecule has 0 aliphatic carbocycles. The molecule has 1 saturated heterocycles. The summed E-state index contributed by atoms with van der Waals surface area (Å²) >= 11 is 0. The van der Waals surface area contributed by atoms with Gasteiger partial charge in [0, 0.05) is 38.4 Å². The van der Waals surface area contributed by atoms with Crippen LogP contribution in [0.5, 0.6) is 5.75 Å². The van der Waals surface area contributed by atoms with Crippen LogP contribution in [0.15, 0.2) is 30.6 Å². The Morgan fingerprint density at radius 3 is 2.50 bits per heavy atom. The van der Waals surface area contributed by atoms with E-state index in [-0.39, 0.29) is 5.82 Å². The molecule has 2 heterocycles. The van der Waals surface area contributed by atoms with Crippen molar-refractivity contribution in [3.05, 3.63) is 42.1 Å². The average Bonchev–Trinajstić information content (AvgIpc) is 2.55. The van der Waals surface area contributed by atoms with Crippen LogP contribution in [0.4, 0.5) is 15.9 Å². The Balaban J connectivity index is 1.72. The molecule has 1 aromatic heterocycles. The van der Waals surface area contributed by atoms with Gasteiger partial charge in [0.05, 0.1) is 24.7 Å². The first-order valence-corrected chi connectivity index (χ1v) is 7.29. The molecule has 0 bridgehead atoms. The number of piperazine rings is 1. The highest BCUT2D eigenvalue weighted by molar-refractivity contribution is 5.59. The Bertz CT molecular complexity index is 656. The highest BCUT2D eigenvalue weighted by Crippen LogP contribution is 2.30. The van der Waals surface area contributed by atoms with Crippen molar-refractivity contribution in [1.29, 1.82) is 0 Å². The van der Waals surface area contributed by atoms with Gasteiger partial charge in [-0.25, -0.2) is 9.37 Å². The molecule has 0 spiro atoms. The van der Waals surface area contributed by atoms with Gasteiger partial charge in [-0.05, 0) is 19.1 Å². The lowest BCUT2D eigenvalue weighted by Gasteiger charge is -2.37. The van der Waals surface area contributed by atoms with Gasteiger partial charge >= 0.3 is 0 Å². The summed E-state index contributed by atoms with van der Waals surface area (Å²) in [5.74, 6) is 1.20. The van der Waals surface area contributed by atoms with Gasteiger partial charge in [0.25, 0.3) is 0 Å². The maximum Gasteiger partial charge on any atom is 0.147 e. The van der Waals surface area contributed by atoms with Crippen LogP contribution in [0, 0.1) is 12.7 Å². The van der Waals surface area contributed by atoms with E-state index in [4.69, 9.17) is 4.74 Å². The number of hydrogen-bond acceptors (Lipinski definition) is 5. The van der Waals surface area contributed by atoms with E-state index in [9.17, 15) is 4.39 Å². The zero-order chi connectivity index (χ0) is 15.5. The molecule has 1 aliphatic rings. The Hall–Kier alpha value is -2.37. The van der Waals surface area contributed by atoms with E-state index in [1.807, 2.05) is 6.92 Å². The van der Waals surface area contributed by atoms with Crippen molar-refractivity contribution in [3.63, 3.8) is 0 Å². The van der Waals surface area contributed by atoms with Gasteiger partial charge in [0.2, 0.25) is 0 Å². The minimum Gasteiger partial charge on any atom is -0.494 e. The van der Waals surface area contributed by atoms with Crippen molar-refractivity contribution in [2.45, 2.75) is 6.92 Å². The number of benzene rings is 1. The van der Waals surface area contributed by atoms with Crippen molar-refractivity contribution >= 4 is 11.5 Å². The van der Waals surface area contributed by atoms with Crippen LogP contribution in [0.1, 0.15) is 5.69 Å². The topological polar surface area (TPSA) is 41.5 Å². The molecular formula is C16H19FN4O. The first-order chi connectivity index (χ1) is 10.7. The first-order valence-electron chi connectivity index (χ1n) is 7.29. The molecule has 1 aliphatic heterocycles. The first kappa shape index (κ1) is 14.6. The maximum atomic E-state index is 13.3. The summed E-state index contributed by atoms with van der Waals surface area (Å²) in [7, 11) is 1.57. The molecule has 22 heavy (non-hydrogen) atoms. The second kappa shape index (κ2) is 6.17. The number of ether oxygens (including phenoxy) is 1. The molecule has 2 aromatic rings. The van der Waals surface area contributed by atoms with Crippen LogP contribution in [0.2, 0.25) is 0 Å². The number of aryl methyl sites for hydroxylation is 1. The lowest BCUT2D eigenvalue weighted by atomic mass is 10.2.